The Labute approximate surface area is 136 Å². The van der Waals surface area contributed by atoms with Gasteiger partial charge in [-0.3, -0.25) is 4.79 Å². The fourth-order valence-electron chi connectivity index (χ4n) is 1.79. The highest BCUT2D eigenvalue weighted by Crippen LogP contribution is 2.21. The molecule has 0 aliphatic carbocycles. The van der Waals surface area contributed by atoms with E-state index in [1.54, 1.807) is 20.8 Å². The van der Waals surface area contributed by atoms with Gasteiger partial charge in [0.1, 0.15) is 23.9 Å². The van der Waals surface area contributed by atoms with Gasteiger partial charge in [0.05, 0.1) is 32.0 Å². The Morgan fingerprint density at radius 2 is 1.77 bits per heavy atom. The van der Waals surface area contributed by atoms with Crippen molar-refractivity contribution in [2.75, 3.05) is 19.8 Å². The molecule has 0 saturated carbocycles. The SMILES string of the molecule is CC(C)(C)OC(=O)[C@H]1COC(N)[C@@H]1O.Cl.N[C@H]1COC[C@@H]1O. The molecule has 132 valence electrons. The molecule has 2 heterocycles. The van der Waals surface area contributed by atoms with E-state index in [0.29, 0.717) is 13.2 Å². The average molecular weight is 343 g/mol. The van der Waals surface area contributed by atoms with Crippen molar-refractivity contribution < 1.29 is 29.2 Å². The Bertz CT molecular complexity index is 344. The van der Waals surface area contributed by atoms with Crippen LogP contribution in [0.25, 0.3) is 0 Å². The molecule has 2 rings (SSSR count). The van der Waals surface area contributed by atoms with Crippen LogP contribution < -0.4 is 11.5 Å². The van der Waals surface area contributed by atoms with Crippen LogP contribution in [-0.2, 0) is 19.0 Å². The third-order valence-electron chi connectivity index (χ3n) is 3.02. The van der Waals surface area contributed by atoms with Crippen molar-refractivity contribution in [3.05, 3.63) is 0 Å². The van der Waals surface area contributed by atoms with Gasteiger partial charge >= 0.3 is 5.97 Å². The summed E-state index contributed by atoms with van der Waals surface area (Å²) in [5.41, 5.74) is 10.1. The zero-order chi connectivity index (χ0) is 16.2. The molecule has 0 aromatic heterocycles. The number of rotatable bonds is 1. The molecule has 6 N–H and O–H groups in total. The lowest BCUT2D eigenvalue weighted by Crippen LogP contribution is -2.39. The summed E-state index contributed by atoms with van der Waals surface area (Å²) in [4.78, 5) is 11.5. The van der Waals surface area contributed by atoms with Crippen molar-refractivity contribution >= 4 is 18.4 Å². The fourth-order valence-corrected chi connectivity index (χ4v) is 1.79. The zero-order valence-corrected chi connectivity index (χ0v) is 13.9. The monoisotopic (exact) mass is 342 g/mol. The molecule has 2 fully saturated rings. The number of hydrogen-bond donors (Lipinski definition) is 4. The van der Waals surface area contributed by atoms with Gasteiger partial charge < -0.3 is 35.9 Å². The normalized spacial score (nSPS) is 34.4. The van der Waals surface area contributed by atoms with E-state index in [-0.39, 0.29) is 25.1 Å². The van der Waals surface area contributed by atoms with Crippen molar-refractivity contribution in [3.8, 4) is 0 Å². The summed E-state index contributed by atoms with van der Waals surface area (Å²) in [5.74, 6) is -1.12. The molecule has 0 aromatic carbocycles. The van der Waals surface area contributed by atoms with Gasteiger partial charge in [-0.25, -0.2) is 0 Å². The maximum Gasteiger partial charge on any atom is 0.314 e. The second-order valence-corrected chi connectivity index (χ2v) is 6.20. The summed E-state index contributed by atoms with van der Waals surface area (Å²) < 4.78 is 14.8. The number of nitrogens with two attached hydrogens (primary N) is 2. The third-order valence-corrected chi connectivity index (χ3v) is 3.02. The number of carbonyl (C=O) groups is 1. The molecule has 2 saturated heterocycles. The van der Waals surface area contributed by atoms with Gasteiger partial charge in [0.2, 0.25) is 0 Å². The van der Waals surface area contributed by atoms with E-state index in [0.717, 1.165) is 0 Å². The predicted octanol–water partition coefficient (Wildman–Crippen LogP) is -1.25. The van der Waals surface area contributed by atoms with Gasteiger partial charge in [-0.05, 0) is 20.8 Å². The first-order valence-electron chi connectivity index (χ1n) is 6.91. The molecule has 2 aliphatic rings. The van der Waals surface area contributed by atoms with Crippen molar-refractivity contribution in [2.24, 2.45) is 17.4 Å². The maximum atomic E-state index is 11.5. The first-order chi connectivity index (χ1) is 9.61. The van der Waals surface area contributed by atoms with E-state index in [1.165, 1.54) is 0 Å². The van der Waals surface area contributed by atoms with Crippen molar-refractivity contribution in [2.45, 2.75) is 50.8 Å². The summed E-state index contributed by atoms with van der Waals surface area (Å²) in [6.45, 7) is 6.34. The van der Waals surface area contributed by atoms with E-state index in [1.807, 2.05) is 0 Å². The van der Waals surface area contributed by atoms with Gasteiger partial charge in [-0.1, -0.05) is 0 Å². The Morgan fingerprint density at radius 1 is 1.18 bits per heavy atom. The lowest BCUT2D eigenvalue weighted by Gasteiger charge is -2.22. The number of esters is 1. The molecule has 9 heteroatoms. The van der Waals surface area contributed by atoms with Gasteiger partial charge in [0.25, 0.3) is 0 Å². The molecular formula is C13H27ClN2O6. The summed E-state index contributed by atoms with van der Waals surface area (Å²) in [6, 6.07) is -0.153. The molecular weight excluding hydrogens is 316 g/mol. The summed E-state index contributed by atoms with van der Waals surface area (Å²) in [6.07, 6.45) is -2.18. The summed E-state index contributed by atoms with van der Waals surface area (Å²) >= 11 is 0. The highest BCUT2D eigenvalue weighted by Gasteiger charge is 2.40. The van der Waals surface area contributed by atoms with E-state index in [4.69, 9.17) is 30.8 Å². The van der Waals surface area contributed by atoms with Gasteiger partial charge in [0, 0.05) is 0 Å². The number of hydrogen-bond acceptors (Lipinski definition) is 8. The molecule has 8 nitrogen and oxygen atoms in total. The van der Waals surface area contributed by atoms with E-state index < -0.39 is 35.9 Å². The number of carbonyl (C=O) groups excluding carboxylic acids is 1. The van der Waals surface area contributed by atoms with Gasteiger partial charge in [-0.2, -0.15) is 0 Å². The maximum absolute atomic E-state index is 11.5. The van der Waals surface area contributed by atoms with E-state index >= 15 is 0 Å². The van der Waals surface area contributed by atoms with Crippen LogP contribution in [0.1, 0.15) is 20.8 Å². The molecule has 0 aromatic rings. The van der Waals surface area contributed by atoms with E-state index in [9.17, 15) is 9.90 Å². The van der Waals surface area contributed by atoms with Crippen LogP contribution in [0.4, 0.5) is 0 Å². The largest absolute Gasteiger partial charge is 0.460 e. The van der Waals surface area contributed by atoms with Gasteiger partial charge in [0.15, 0.2) is 0 Å². The number of aliphatic hydroxyl groups excluding tert-OH is 2. The number of aliphatic hydroxyl groups is 2. The molecule has 22 heavy (non-hydrogen) atoms. The Morgan fingerprint density at radius 3 is 2.05 bits per heavy atom. The summed E-state index contributed by atoms with van der Waals surface area (Å²) in [5, 5.41) is 18.2. The molecule has 0 radical (unpaired) electrons. The molecule has 0 amide bonds. The lowest BCUT2D eigenvalue weighted by molar-refractivity contribution is -0.162. The van der Waals surface area contributed by atoms with Crippen LogP contribution in [0.2, 0.25) is 0 Å². The Kier molecular flexibility index (Phi) is 8.78. The number of halogens is 1. The van der Waals surface area contributed by atoms with Crippen LogP contribution >= 0.6 is 12.4 Å². The molecule has 5 atom stereocenters. The van der Waals surface area contributed by atoms with Crippen molar-refractivity contribution in [1.82, 2.24) is 0 Å². The molecule has 1 unspecified atom stereocenters. The van der Waals surface area contributed by atoms with E-state index in [2.05, 4.69) is 0 Å². The second-order valence-electron chi connectivity index (χ2n) is 6.20. The Balaban J connectivity index is 0.000000465. The topological polar surface area (TPSA) is 137 Å². The standard InChI is InChI=1S/C9H17NO4.C4H9NO2.ClH/c1-9(2,3)14-8(12)5-4-13-7(10)6(5)11;5-3-1-7-2-4(3)6;/h5-7,11H,4,10H2,1-3H3;3-4,6H,1-2,5H2;1H/t5-,6+,7?;3-,4-;/m00./s1. The minimum absolute atomic E-state index is 0. The molecule has 0 bridgehead atoms. The van der Waals surface area contributed by atoms with Crippen LogP contribution in [0.15, 0.2) is 0 Å². The fraction of sp³-hybridized carbons (Fsp3) is 0.923. The molecule has 0 spiro atoms. The minimum Gasteiger partial charge on any atom is -0.460 e. The first-order valence-corrected chi connectivity index (χ1v) is 6.91. The number of ether oxygens (including phenoxy) is 3. The Hall–Kier alpha value is -0.480. The lowest BCUT2D eigenvalue weighted by atomic mass is 10.1. The quantitative estimate of drug-likeness (QED) is 0.434. The van der Waals surface area contributed by atoms with Crippen LogP contribution in [0.5, 0.6) is 0 Å². The highest BCUT2D eigenvalue weighted by molar-refractivity contribution is 5.85. The smallest absolute Gasteiger partial charge is 0.314 e. The minimum atomic E-state index is -0.968. The second kappa shape index (κ2) is 8.97. The third kappa shape index (κ3) is 6.74. The first kappa shape index (κ1) is 21.5. The predicted molar refractivity (Wildman–Crippen MR) is 81.3 cm³/mol. The van der Waals surface area contributed by atoms with Gasteiger partial charge in [-0.15, -0.1) is 12.4 Å². The highest BCUT2D eigenvalue weighted by atomic mass is 35.5. The van der Waals surface area contributed by atoms with Crippen LogP contribution in [0.3, 0.4) is 0 Å². The van der Waals surface area contributed by atoms with Crippen molar-refractivity contribution in [1.29, 1.82) is 0 Å². The van der Waals surface area contributed by atoms with Crippen LogP contribution in [0, 0.1) is 5.92 Å². The van der Waals surface area contributed by atoms with Crippen molar-refractivity contribution in [3.63, 3.8) is 0 Å². The average Bonchev–Trinajstić information content (AvgIpc) is 2.86. The zero-order valence-electron chi connectivity index (χ0n) is 13.1. The summed E-state index contributed by atoms with van der Waals surface area (Å²) in [7, 11) is 0. The van der Waals surface area contributed by atoms with Crippen LogP contribution in [-0.4, -0.2) is 66.1 Å². The molecule has 2 aliphatic heterocycles.